The second-order valence-corrected chi connectivity index (χ2v) is 6.23. The molecule has 8 heteroatoms. The van der Waals surface area contributed by atoms with Gasteiger partial charge in [-0.1, -0.05) is 12.1 Å². The quantitative estimate of drug-likeness (QED) is 0.707. The summed E-state index contributed by atoms with van der Waals surface area (Å²) >= 11 is 0. The van der Waals surface area contributed by atoms with Crippen molar-refractivity contribution < 1.29 is 24.2 Å². The number of anilines is 1. The zero-order valence-corrected chi connectivity index (χ0v) is 14.1. The van der Waals surface area contributed by atoms with Crippen LogP contribution in [0.3, 0.4) is 0 Å². The van der Waals surface area contributed by atoms with Crippen LogP contribution in [-0.4, -0.2) is 35.2 Å². The summed E-state index contributed by atoms with van der Waals surface area (Å²) in [5, 5.41) is 15.5. The first-order valence-corrected chi connectivity index (χ1v) is 8.31. The zero-order valence-electron chi connectivity index (χ0n) is 14.1. The van der Waals surface area contributed by atoms with E-state index in [1.54, 1.807) is 0 Å². The molecule has 136 valence electrons. The largest absolute Gasteiger partial charge is 0.493 e. The molecule has 0 aliphatic carbocycles. The summed E-state index contributed by atoms with van der Waals surface area (Å²) < 4.78 is 5.44. The molecule has 0 atom stereocenters. The van der Waals surface area contributed by atoms with E-state index in [-0.39, 0.29) is 23.6 Å². The number of ether oxygens (including phenoxy) is 1. The number of hydrogen-bond donors (Lipinski definition) is 3. The first-order valence-electron chi connectivity index (χ1n) is 8.31. The van der Waals surface area contributed by atoms with Crippen molar-refractivity contribution in [3.8, 4) is 5.75 Å². The van der Waals surface area contributed by atoms with E-state index >= 15 is 0 Å². The third-order valence-electron chi connectivity index (χ3n) is 4.40. The van der Waals surface area contributed by atoms with Crippen molar-refractivity contribution in [2.24, 2.45) is 5.10 Å². The van der Waals surface area contributed by atoms with Gasteiger partial charge >= 0.3 is 5.97 Å². The fourth-order valence-corrected chi connectivity index (χ4v) is 3.10. The number of carbonyl (C=O) groups excluding carboxylic acids is 2. The predicted molar refractivity (Wildman–Crippen MR) is 96.1 cm³/mol. The summed E-state index contributed by atoms with van der Waals surface area (Å²) in [4.78, 5) is 35.2. The fourth-order valence-electron chi connectivity index (χ4n) is 3.10. The van der Waals surface area contributed by atoms with Gasteiger partial charge < -0.3 is 15.2 Å². The number of nitrogens with zero attached hydrogens (tertiary/aromatic N) is 1. The van der Waals surface area contributed by atoms with Gasteiger partial charge in [-0.2, -0.15) is 5.10 Å². The molecule has 0 fully saturated rings. The first kappa shape index (κ1) is 16.8. The third kappa shape index (κ3) is 3.24. The lowest BCUT2D eigenvalue weighted by atomic mass is 10.1. The van der Waals surface area contributed by atoms with Crippen LogP contribution in [0.15, 0.2) is 41.5 Å². The molecule has 2 heterocycles. The molecule has 3 N–H and O–H groups in total. The van der Waals surface area contributed by atoms with Crippen molar-refractivity contribution >= 4 is 29.2 Å². The number of fused-ring (bicyclic) bond motifs is 2. The monoisotopic (exact) mass is 365 g/mol. The maximum Gasteiger partial charge on any atom is 0.335 e. The van der Waals surface area contributed by atoms with Crippen molar-refractivity contribution in [3.63, 3.8) is 0 Å². The predicted octanol–water partition coefficient (Wildman–Crippen LogP) is 1.33. The van der Waals surface area contributed by atoms with Gasteiger partial charge in [0.1, 0.15) is 5.75 Å². The summed E-state index contributed by atoms with van der Waals surface area (Å²) in [7, 11) is 0. The van der Waals surface area contributed by atoms with Gasteiger partial charge in [0.05, 0.1) is 24.3 Å². The van der Waals surface area contributed by atoms with Crippen molar-refractivity contribution in [3.05, 3.63) is 58.7 Å². The highest BCUT2D eigenvalue weighted by Gasteiger charge is 2.27. The number of rotatable bonds is 4. The molecule has 2 amide bonds. The molecular weight excluding hydrogens is 350 g/mol. The number of carboxylic acid groups (broad SMARTS) is 1. The topological polar surface area (TPSA) is 117 Å². The molecule has 2 aromatic rings. The van der Waals surface area contributed by atoms with Crippen LogP contribution in [0.25, 0.3) is 0 Å². The summed E-state index contributed by atoms with van der Waals surface area (Å²) in [5.74, 6) is -1.10. The minimum atomic E-state index is -1.09. The van der Waals surface area contributed by atoms with Crippen LogP contribution in [0.2, 0.25) is 0 Å². The number of benzene rings is 2. The maximum absolute atomic E-state index is 12.2. The molecular formula is C19H15N3O5. The first-order chi connectivity index (χ1) is 13.0. The van der Waals surface area contributed by atoms with Crippen LogP contribution in [0, 0.1) is 0 Å². The van der Waals surface area contributed by atoms with E-state index in [0.717, 1.165) is 23.3 Å². The van der Waals surface area contributed by atoms with Crippen LogP contribution in [0.5, 0.6) is 5.75 Å². The van der Waals surface area contributed by atoms with Crippen molar-refractivity contribution in [1.29, 1.82) is 0 Å². The van der Waals surface area contributed by atoms with E-state index in [0.29, 0.717) is 17.9 Å². The summed E-state index contributed by atoms with van der Waals surface area (Å²) in [6.45, 7) is 0.650. The Hall–Kier alpha value is -3.68. The molecule has 2 aliphatic rings. The van der Waals surface area contributed by atoms with E-state index < -0.39 is 11.9 Å². The third-order valence-corrected chi connectivity index (χ3v) is 4.40. The Balaban J connectivity index is 1.47. The number of hydrogen-bond acceptors (Lipinski definition) is 5. The van der Waals surface area contributed by atoms with E-state index in [9.17, 15) is 14.4 Å². The second kappa shape index (κ2) is 6.56. The molecule has 0 saturated heterocycles. The number of aromatic carboxylic acids is 1. The molecule has 0 unspecified atom stereocenters. The standard InChI is InChI=1S/C19H15N3O5/c23-16(8-10-1-4-15-11(7-10)5-6-27-15)21-22-17-13-3-2-12(19(25)26)9-14(13)20-18(17)24/h1-4,7,9H,5-6,8H2,(H,21,23)(H,25,26)(H,20,22,24). The lowest BCUT2D eigenvalue weighted by Gasteiger charge is -2.04. The Morgan fingerprint density at radius 1 is 1.22 bits per heavy atom. The van der Waals surface area contributed by atoms with E-state index in [4.69, 9.17) is 9.84 Å². The van der Waals surface area contributed by atoms with Gasteiger partial charge in [-0.15, -0.1) is 0 Å². The van der Waals surface area contributed by atoms with Gasteiger partial charge in [-0.05, 0) is 35.4 Å². The Labute approximate surface area is 153 Å². The zero-order chi connectivity index (χ0) is 19.0. The number of carbonyl (C=O) groups is 3. The van der Waals surface area contributed by atoms with Gasteiger partial charge in [0, 0.05) is 12.0 Å². The van der Waals surface area contributed by atoms with E-state index in [2.05, 4.69) is 15.8 Å². The minimum Gasteiger partial charge on any atom is -0.493 e. The van der Waals surface area contributed by atoms with Gasteiger partial charge in [-0.3, -0.25) is 9.59 Å². The molecule has 0 spiro atoms. The van der Waals surface area contributed by atoms with E-state index in [1.807, 2.05) is 18.2 Å². The Morgan fingerprint density at radius 2 is 2.07 bits per heavy atom. The molecule has 0 aromatic heterocycles. The summed E-state index contributed by atoms with van der Waals surface area (Å²) in [6, 6.07) is 9.82. The van der Waals surface area contributed by atoms with Crippen LogP contribution >= 0.6 is 0 Å². The molecule has 8 nitrogen and oxygen atoms in total. The molecule has 4 rings (SSSR count). The van der Waals surface area contributed by atoms with Gasteiger partial charge in [-0.25, -0.2) is 10.2 Å². The summed E-state index contributed by atoms with van der Waals surface area (Å²) in [5.41, 5.74) is 5.19. The van der Waals surface area contributed by atoms with Crippen LogP contribution in [0.1, 0.15) is 27.0 Å². The molecule has 0 bridgehead atoms. The van der Waals surface area contributed by atoms with Crippen molar-refractivity contribution in [2.45, 2.75) is 12.8 Å². The summed E-state index contributed by atoms with van der Waals surface area (Å²) in [6.07, 6.45) is 0.943. The number of nitrogens with one attached hydrogen (secondary N) is 2. The normalized spacial score (nSPS) is 15.7. The number of hydrazone groups is 1. The van der Waals surface area contributed by atoms with Gasteiger partial charge in [0.25, 0.3) is 5.91 Å². The van der Waals surface area contributed by atoms with Crippen molar-refractivity contribution in [2.75, 3.05) is 11.9 Å². The fraction of sp³-hybridized carbons (Fsp3) is 0.158. The molecule has 2 aromatic carbocycles. The van der Waals surface area contributed by atoms with Crippen LogP contribution in [-0.2, 0) is 22.4 Å². The molecule has 0 saturated carbocycles. The SMILES string of the molecule is O=C(Cc1ccc2c(c1)CCO2)NN=C1C(=O)Nc2cc(C(=O)O)ccc21. The average molecular weight is 365 g/mol. The van der Waals surface area contributed by atoms with Gasteiger partial charge in [0.2, 0.25) is 5.91 Å². The smallest absolute Gasteiger partial charge is 0.335 e. The molecule has 0 radical (unpaired) electrons. The Morgan fingerprint density at radius 3 is 2.89 bits per heavy atom. The minimum absolute atomic E-state index is 0.0395. The Kier molecular flexibility index (Phi) is 4.08. The number of carboxylic acids is 1. The highest BCUT2D eigenvalue weighted by atomic mass is 16.5. The highest BCUT2D eigenvalue weighted by Crippen LogP contribution is 2.26. The average Bonchev–Trinajstić information content (AvgIpc) is 3.22. The second-order valence-electron chi connectivity index (χ2n) is 6.23. The molecule has 27 heavy (non-hydrogen) atoms. The maximum atomic E-state index is 12.2. The van der Waals surface area contributed by atoms with Crippen LogP contribution in [0.4, 0.5) is 5.69 Å². The highest BCUT2D eigenvalue weighted by molar-refractivity contribution is 6.53. The van der Waals surface area contributed by atoms with Gasteiger partial charge in [0.15, 0.2) is 5.71 Å². The lowest BCUT2D eigenvalue weighted by Crippen LogP contribution is -2.24. The van der Waals surface area contributed by atoms with Crippen LogP contribution < -0.4 is 15.5 Å². The van der Waals surface area contributed by atoms with Crippen molar-refractivity contribution in [1.82, 2.24) is 5.43 Å². The Bertz CT molecular complexity index is 1010. The lowest BCUT2D eigenvalue weighted by molar-refractivity contribution is -0.120. The molecule has 2 aliphatic heterocycles. The van der Waals surface area contributed by atoms with E-state index in [1.165, 1.54) is 18.2 Å². The number of amides is 2.